The molecular weight excluding hydrogens is 256 g/mol. The van der Waals surface area contributed by atoms with E-state index in [2.05, 4.69) is 0 Å². The summed E-state index contributed by atoms with van der Waals surface area (Å²) in [5.74, 6) is 1.26. The summed E-state index contributed by atoms with van der Waals surface area (Å²) >= 11 is 0. The summed E-state index contributed by atoms with van der Waals surface area (Å²) in [6.07, 6.45) is 0. The molecule has 0 atom stereocenters. The first-order chi connectivity index (χ1) is 9.67. The SMILES string of the molecule is COc1ccc(-c2cc(=O)c3cc(O)ccc3o2)cc1. The molecular formula is C16H12O4. The third-order valence-electron chi connectivity index (χ3n) is 3.09. The number of phenolic OH excluding ortho intramolecular Hbond substituents is 1. The molecule has 100 valence electrons. The fraction of sp³-hybridized carbons (Fsp3) is 0.0625. The Kier molecular flexibility index (Phi) is 2.91. The van der Waals surface area contributed by atoms with Crippen LogP contribution in [0.25, 0.3) is 22.3 Å². The molecule has 4 heteroatoms. The lowest BCUT2D eigenvalue weighted by atomic mass is 10.1. The number of phenols is 1. The lowest BCUT2D eigenvalue weighted by molar-refractivity contribution is 0.415. The number of benzene rings is 2. The van der Waals surface area contributed by atoms with Gasteiger partial charge in [0, 0.05) is 11.6 Å². The molecule has 0 bridgehead atoms. The van der Waals surface area contributed by atoms with Crippen LogP contribution in [0.2, 0.25) is 0 Å². The molecule has 20 heavy (non-hydrogen) atoms. The molecule has 0 radical (unpaired) electrons. The highest BCUT2D eigenvalue weighted by atomic mass is 16.5. The molecule has 1 heterocycles. The third kappa shape index (κ3) is 2.12. The average Bonchev–Trinajstić information content (AvgIpc) is 2.48. The van der Waals surface area contributed by atoms with E-state index >= 15 is 0 Å². The summed E-state index contributed by atoms with van der Waals surface area (Å²) in [5, 5.41) is 9.77. The number of aromatic hydroxyl groups is 1. The maximum absolute atomic E-state index is 12.1. The number of hydrogen-bond acceptors (Lipinski definition) is 4. The van der Waals surface area contributed by atoms with Crippen LogP contribution in [0.3, 0.4) is 0 Å². The number of ether oxygens (including phenoxy) is 1. The summed E-state index contributed by atoms with van der Waals surface area (Å²) in [4.78, 5) is 12.1. The van der Waals surface area contributed by atoms with Gasteiger partial charge in [-0.15, -0.1) is 0 Å². The second kappa shape index (κ2) is 4.74. The van der Waals surface area contributed by atoms with Gasteiger partial charge >= 0.3 is 0 Å². The van der Waals surface area contributed by atoms with Gasteiger partial charge < -0.3 is 14.3 Å². The first kappa shape index (κ1) is 12.3. The van der Waals surface area contributed by atoms with Gasteiger partial charge in [-0.05, 0) is 42.5 Å². The van der Waals surface area contributed by atoms with Gasteiger partial charge in [0.1, 0.15) is 22.8 Å². The Labute approximate surface area is 114 Å². The standard InChI is InChI=1S/C16H12O4/c1-19-12-5-2-10(3-6-12)16-9-14(18)13-8-11(17)4-7-15(13)20-16/h2-9,17H,1H3. The van der Waals surface area contributed by atoms with Crippen molar-refractivity contribution in [3.63, 3.8) is 0 Å². The molecule has 0 amide bonds. The first-order valence-corrected chi connectivity index (χ1v) is 6.09. The van der Waals surface area contributed by atoms with Crippen molar-refractivity contribution in [2.75, 3.05) is 7.11 Å². The van der Waals surface area contributed by atoms with Crippen LogP contribution in [-0.2, 0) is 0 Å². The van der Waals surface area contributed by atoms with Crippen molar-refractivity contribution in [3.05, 3.63) is 58.8 Å². The maximum Gasteiger partial charge on any atom is 0.193 e. The van der Waals surface area contributed by atoms with Gasteiger partial charge in [0.05, 0.1) is 12.5 Å². The largest absolute Gasteiger partial charge is 0.508 e. The van der Waals surface area contributed by atoms with Gasteiger partial charge in [0.15, 0.2) is 5.43 Å². The van der Waals surface area contributed by atoms with Gasteiger partial charge in [0.2, 0.25) is 0 Å². The van der Waals surface area contributed by atoms with Crippen molar-refractivity contribution in [3.8, 4) is 22.8 Å². The minimum atomic E-state index is -0.187. The van der Waals surface area contributed by atoms with Gasteiger partial charge in [-0.1, -0.05) is 0 Å². The molecule has 0 unspecified atom stereocenters. The number of rotatable bonds is 2. The van der Waals surface area contributed by atoms with Crippen LogP contribution in [0.15, 0.2) is 57.7 Å². The lowest BCUT2D eigenvalue weighted by Crippen LogP contribution is -2.00. The summed E-state index contributed by atoms with van der Waals surface area (Å²) in [7, 11) is 1.59. The maximum atomic E-state index is 12.1. The molecule has 3 rings (SSSR count). The minimum Gasteiger partial charge on any atom is -0.508 e. The van der Waals surface area contributed by atoms with E-state index in [1.165, 1.54) is 18.2 Å². The van der Waals surface area contributed by atoms with Gasteiger partial charge in [-0.3, -0.25) is 4.79 Å². The molecule has 0 aliphatic rings. The Morgan fingerprint density at radius 2 is 1.80 bits per heavy atom. The highest BCUT2D eigenvalue weighted by Gasteiger charge is 2.07. The van der Waals surface area contributed by atoms with Crippen molar-refractivity contribution < 1.29 is 14.3 Å². The molecule has 0 spiro atoms. The second-order valence-electron chi connectivity index (χ2n) is 4.38. The van der Waals surface area contributed by atoms with E-state index in [1.807, 2.05) is 12.1 Å². The van der Waals surface area contributed by atoms with E-state index in [0.717, 1.165) is 11.3 Å². The van der Waals surface area contributed by atoms with E-state index in [0.29, 0.717) is 16.7 Å². The molecule has 4 nitrogen and oxygen atoms in total. The molecule has 1 aromatic heterocycles. The zero-order valence-corrected chi connectivity index (χ0v) is 10.8. The van der Waals surface area contributed by atoms with E-state index in [1.54, 1.807) is 25.3 Å². The van der Waals surface area contributed by atoms with E-state index in [4.69, 9.17) is 9.15 Å². The molecule has 0 saturated heterocycles. The smallest absolute Gasteiger partial charge is 0.193 e. The van der Waals surface area contributed by atoms with E-state index in [9.17, 15) is 9.90 Å². The van der Waals surface area contributed by atoms with Gasteiger partial charge in [0.25, 0.3) is 0 Å². The zero-order valence-electron chi connectivity index (χ0n) is 10.8. The first-order valence-electron chi connectivity index (χ1n) is 6.09. The van der Waals surface area contributed by atoms with Crippen LogP contribution in [0.5, 0.6) is 11.5 Å². The quantitative estimate of drug-likeness (QED) is 0.775. The Morgan fingerprint density at radius 1 is 1.05 bits per heavy atom. The Hall–Kier alpha value is -2.75. The van der Waals surface area contributed by atoms with Crippen molar-refractivity contribution in [1.82, 2.24) is 0 Å². The molecule has 0 aliphatic carbocycles. The van der Waals surface area contributed by atoms with Crippen LogP contribution in [0, 0.1) is 0 Å². The average molecular weight is 268 g/mol. The topological polar surface area (TPSA) is 59.7 Å². The molecule has 3 aromatic rings. The zero-order chi connectivity index (χ0) is 14.1. The van der Waals surface area contributed by atoms with Crippen LogP contribution < -0.4 is 10.2 Å². The predicted molar refractivity (Wildman–Crippen MR) is 76.1 cm³/mol. The molecule has 0 saturated carbocycles. The van der Waals surface area contributed by atoms with Crippen LogP contribution in [-0.4, -0.2) is 12.2 Å². The van der Waals surface area contributed by atoms with Crippen molar-refractivity contribution in [1.29, 1.82) is 0 Å². The number of methoxy groups -OCH3 is 1. The fourth-order valence-corrected chi connectivity index (χ4v) is 2.04. The third-order valence-corrected chi connectivity index (χ3v) is 3.09. The highest BCUT2D eigenvalue weighted by Crippen LogP contribution is 2.25. The van der Waals surface area contributed by atoms with Crippen LogP contribution >= 0.6 is 0 Å². The minimum absolute atomic E-state index is 0.0435. The van der Waals surface area contributed by atoms with E-state index < -0.39 is 0 Å². The summed E-state index contributed by atoms with van der Waals surface area (Å²) in [6.45, 7) is 0. The lowest BCUT2D eigenvalue weighted by Gasteiger charge is -2.04. The van der Waals surface area contributed by atoms with Crippen LogP contribution in [0.4, 0.5) is 0 Å². The Morgan fingerprint density at radius 3 is 2.50 bits per heavy atom. The summed E-state index contributed by atoms with van der Waals surface area (Å²) in [6, 6.07) is 13.1. The monoisotopic (exact) mass is 268 g/mol. The number of hydrogen-bond donors (Lipinski definition) is 1. The fourth-order valence-electron chi connectivity index (χ4n) is 2.04. The van der Waals surface area contributed by atoms with Crippen molar-refractivity contribution in [2.24, 2.45) is 0 Å². The summed E-state index contributed by atoms with van der Waals surface area (Å²) in [5.41, 5.74) is 1.05. The van der Waals surface area contributed by atoms with Gasteiger partial charge in [-0.2, -0.15) is 0 Å². The van der Waals surface area contributed by atoms with Crippen molar-refractivity contribution >= 4 is 11.0 Å². The highest BCUT2D eigenvalue weighted by molar-refractivity contribution is 5.80. The second-order valence-corrected chi connectivity index (χ2v) is 4.38. The predicted octanol–water partition coefficient (Wildman–Crippen LogP) is 3.17. The van der Waals surface area contributed by atoms with Crippen LogP contribution in [0.1, 0.15) is 0 Å². The normalized spacial score (nSPS) is 10.7. The van der Waals surface area contributed by atoms with Gasteiger partial charge in [-0.25, -0.2) is 0 Å². The Bertz CT molecular complexity index is 816. The molecule has 0 aliphatic heterocycles. The summed E-state index contributed by atoms with van der Waals surface area (Å²) < 4.78 is 10.8. The van der Waals surface area contributed by atoms with E-state index in [-0.39, 0.29) is 11.2 Å². The number of fused-ring (bicyclic) bond motifs is 1. The molecule has 0 fully saturated rings. The Balaban J connectivity index is 2.16. The molecule has 1 N–H and O–H groups in total. The molecule has 2 aromatic carbocycles. The van der Waals surface area contributed by atoms with Crippen molar-refractivity contribution in [2.45, 2.75) is 0 Å².